The van der Waals surface area contributed by atoms with E-state index in [0.29, 0.717) is 36.9 Å². The Morgan fingerprint density at radius 2 is 2.33 bits per heavy atom. The van der Waals surface area contributed by atoms with Crippen molar-refractivity contribution < 1.29 is 19.2 Å². The van der Waals surface area contributed by atoms with Crippen molar-refractivity contribution in [3.8, 4) is 5.75 Å². The summed E-state index contributed by atoms with van der Waals surface area (Å²) in [4.78, 5) is 21.9. The molecule has 0 radical (unpaired) electrons. The average molecular weight is 295 g/mol. The molecule has 8 nitrogen and oxygen atoms in total. The van der Waals surface area contributed by atoms with Gasteiger partial charge in [0.25, 0.3) is 11.6 Å². The maximum Gasteiger partial charge on any atom is 0.296 e. The van der Waals surface area contributed by atoms with Gasteiger partial charge in [-0.1, -0.05) is 0 Å². The SMILES string of the molecule is CCOCCCNc1cc2c(cc1[N+](=O)[O-])OCC(=O)N2. The molecule has 0 atom stereocenters. The molecule has 1 aliphatic heterocycles. The van der Waals surface area contributed by atoms with Gasteiger partial charge in [0.1, 0.15) is 5.69 Å². The highest BCUT2D eigenvalue weighted by atomic mass is 16.6. The van der Waals surface area contributed by atoms with Gasteiger partial charge in [-0.05, 0) is 19.4 Å². The number of hydrogen-bond donors (Lipinski definition) is 2. The Balaban J connectivity index is 2.12. The summed E-state index contributed by atoms with van der Waals surface area (Å²) in [7, 11) is 0. The summed E-state index contributed by atoms with van der Waals surface area (Å²) in [5.74, 6) is 0.0276. The zero-order chi connectivity index (χ0) is 15.2. The van der Waals surface area contributed by atoms with Gasteiger partial charge in [-0.25, -0.2) is 0 Å². The van der Waals surface area contributed by atoms with Crippen molar-refractivity contribution >= 4 is 23.0 Å². The first-order valence-corrected chi connectivity index (χ1v) is 6.68. The van der Waals surface area contributed by atoms with E-state index in [9.17, 15) is 14.9 Å². The molecule has 2 N–H and O–H groups in total. The Labute approximate surface area is 121 Å². The predicted molar refractivity (Wildman–Crippen MR) is 76.8 cm³/mol. The van der Waals surface area contributed by atoms with Crippen molar-refractivity contribution in [3.63, 3.8) is 0 Å². The number of ether oxygens (including phenoxy) is 2. The summed E-state index contributed by atoms with van der Waals surface area (Å²) >= 11 is 0. The lowest BCUT2D eigenvalue weighted by Crippen LogP contribution is -2.25. The summed E-state index contributed by atoms with van der Waals surface area (Å²) in [5.41, 5.74) is 0.700. The van der Waals surface area contributed by atoms with Crippen LogP contribution >= 0.6 is 0 Å². The summed E-state index contributed by atoms with van der Waals surface area (Å²) < 4.78 is 10.4. The second-order valence-corrected chi connectivity index (χ2v) is 4.44. The Morgan fingerprint density at radius 1 is 1.52 bits per heavy atom. The molecule has 2 rings (SSSR count). The van der Waals surface area contributed by atoms with Gasteiger partial charge in [0.05, 0.1) is 16.7 Å². The molecule has 0 saturated carbocycles. The fourth-order valence-corrected chi connectivity index (χ4v) is 1.95. The van der Waals surface area contributed by atoms with E-state index in [1.165, 1.54) is 12.1 Å². The molecule has 0 saturated heterocycles. The summed E-state index contributed by atoms with van der Waals surface area (Å²) in [6.45, 7) is 3.54. The molecule has 0 fully saturated rings. The minimum atomic E-state index is -0.481. The van der Waals surface area contributed by atoms with Crippen LogP contribution in [0.2, 0.25) is 0 Å². The highest BCUT2D eigenvalue weighted by Crippen LogP contribution is 2.37. The van der Waals surface area contributed by atoms with E-state index in [-0.39, 0.29) is 18.2 Å². The van der Waals surface area contributed by atoms with E-state index < -0.39 is 4.92 Å². The van der Waals surface area contributed by atoms with Crippen LogP contribution in [0.25, 0.3) is 0 Å². The van der Waals surface area contributed by atoms with Crippen molar-refractivity contribution in [2.75, 3.05) is 37.0 Å². The summed E-state index contributed by atoms with van der Waals surface area (Å²) in [6, 6.07) is 2.84. The fourth-order valence-electron chi connectivity index (χ4n) is 1.95. The maximum atomic E-state index is 11.3. The first-order valence-electron chi connectivity index (χ1n) is 6.68. The molecule has 0 aromatic heterocycles. The van der Waals surface area contributed by atoms with Gasteiger partial charge in [-0.2, -0.15) is 0 Å². The van der Waals surface area contributed by atoms with Crippen LogP contribution in [0.5, 0.6) is 5.75 Å². The van der Waals surface area contributed by atoms with E-state index in [1.807, 2.05) is 6.92 Å². The number of benzene rings is 1. The number of anilines is 2. The number of fused-ring (bicyclic) bond motifs is 1. The number of hydrogen-bond acceptors (Lipinski definition) is 6. The average Bonchev–Trinajstić information content (AvgIpc) is 2.46. The van der Waals surface area contributed by atoms with Crippen LogP contribution in [-0.4, -0.2) is 37.2 Å². The van der Waals surface area contributed by atoms with Gasteiger partial charge < -0.3 is 20.1 Å². The Hall–Kier alpha value is -2.35. The molecular weight excluding hydrogens is 278 g/mol. The molecule has 1 heterocycles. The van der Waals surface area contributed by atoms with Gasteiger partial charge in [0.2, 0.25) is 0 Å². The third-order valence-corrected chi connectivity index (χ3v) is 2.91. The van der Waals surface area contributed by atoms with E-state index in [1.54, 1.807) is 0 Å². The molecule has 8 heteroatoms. The van der Waals surface area contributed by atoms with Crippen molar-refractivity contribution in [2.24, 2.45) is 0 Å². The normalized spacial score (nSPS) is 13.1. The Bertz CT molecular complexity index is 547. The number of amides is 1. The molecule has 0 spiro atoms. The van der Waals surface area contributed by atoms with Crippen LogP contribution < -0.4 is 15.4 Å². The number of nitro benzene ring substituents is 1. The number of nitrogens with zero attached hydrogens (tertiary/aromatic N) is 1. The topological polar surface area (TPSA) is 103 Å². The molecule has 0 bridgehead atoms. The van der Waals surface area contributed by atoms with Gasteiger partial charge in [0.15, 0.2) is 12.4 Å². The number of rotatable bonds is 7. The van der Waals surface area contributed by atoms with Gasteiger partial charge >= 0.3 is 0 Å². The number of nitro groups is 1. The highest BCUT2D eigenvalue weighted by molar-refractivity contribution is 5.96. The van der Waals surface area contributed by atoms with E-state index in [2.05, 4.69) is 10.6 Å². The van der Waals surface area contributed by atoms with Crippen LogP contribution in [0.3, 0.4) is 0 Å². The largest absolute Gasteiger partial charge is 0.481 e. The van der Waals surface area contributed by atoms with Crippen LogP contribution in [0.4, 0.5) is 17.1 Å². The van der Waals surface area contributed by atoms with E-state index in [0.717, 1.165) is 6.42 Å². The van der Waals surface area contributed by atoms with Crippen LogP contribution in [0, 0.1) is 10.1 Å². The van der Waals surface area contributed by atoms with Crippen LogP contribution in [0.1, 0.15) is 13.3 Å². The lowest BCUT2D eigenvalue weighted by atomic mass is 10.2. The Morgan fingerprint density at radius 3 is 3.05 bits per heavy atom. The monoisotopic (exact) mass is 295 g/mol. The van der Waals surface area contributed by atoms with E-state index >= 15 is 0 Å². The molecule has 1 aromatic rings. The molecule has 21 heavy (non-hydrogen) atoms. The van der Waals surface area contributed by atoms with E-state index in [4.69, 9.17) is 9.47 Å². The molecule has 1 aromatic carbocycles. The summed E-state index contributed by atoms with van der Waals surface area (Å²) in [6.07, 6.45) is 0.727. The molecular formula is C13H17N3O5. The molecule has 114 valence electrons. The number of nitrogens with one attached hydrogen (secondary N) is 2. The van der Waals surface area contributed by atoms with Crippen molar-refractivity contribution in [1.29, 1.82) is 0 Å². The first kappa shape index (κ1) is 15.0. The molecule has 0 unspecified atom stereocenters. The van der Waals surface area contributed by atoms with Gasteiger partial charge in [-0.15, -0.1) is 0 Å². The first-order chi connectivity index (χ1) is 10.1. The standard InChI is InChI=1S/C13H17N3O5/c1-2-20-5-3-4-14-9-6-10-12(7-11(9)16(18)19)21-8-13(17)15-10/h6-7,14H,2-5,8H2,1H3,(H,15,17). The van der Waals surface area contributed by atoms with Crippen LogP contribution in [0.15, 0.2) is 12.1 Å². The lowest BCUT2D eigenvalue weighted by molar-refractivity contribution is -0.384. The minimum absolute atomic E-state index is 0.0821. The Kier molecular flexibility index (Phi) is 4.94. The molecule has 1 aliphatic rings. The third kappa shape index (κ3) is 3.82. The number of carbonyl (C=O) groups excluding carboxylic acids is 1. The predicted octanol–water partition coefficient (Wildman–Crippen LogP) is 1.76. The van der Waals surface area contributed by atoms with Gasteiger partial charge in [-0.3, -0.25) is 14.9 Å². The minimum Gasteiger partial charge on any atom is -0.481 e. The van der Waals surface area contributed by atoms with Crippen molar-refractivity contribution in [2.45, 2.75) is 13.3 Å². The van der Waals surface area contributed by atoms with Crippen LogP contribution in [-0.2, 0) is 9.53 Å². The zero-order valence-corrected chi connectivity index (χ0v) is 11.7. The second-order valence-electron chi connectivity index (χ2n) is 4.44. The summed E-state index contributed by atoms with van der Waals surface area (Å²) in [5, 5.41) is 16.7. The van der Waals surface area contributed by atoms with Crippen molar-refractivity contribution in [3.05, 3.63) is 22.2 Å². The fraction of sp³-hybridized carbons (Fsp3) is 0.462. The quantitative estimate of drug-likeness (QED) is 0.451. The maximum absolute atomic E-state index is 11.3. The van der Waals surface area contributed by atoms with Gasteiger partial charge in [0, 0.05) is 19.8 Å². The third-order valence-electron chi connectivity index (χ3n) is 2.91. The zero-order valence-electron chi connectivity index (χ0n) is 11.7. The lowest BCUT2D eigenvalue weighted by Gasteiger charge is -2.19. The smallest absolute Gasteiger partial charge is 0.296 e. The molecule has 1 amide bonds. The van der Waals surface area contributed by atoms with Crippen molar-refractivity contribution in [1.82, 2.24) is 0 Å². The highest BCUT2D eigenvalue weighted by Gasteiger charge is 2.23. The number of carbonyl (C=O) groups is 1. The molecule has 0 aliphatic carbocycles. The second kappa shape index (κ2) is 6.89.